The van der Waals surface area contributed by atoms with Crippen LogP contribution in [0, 0.1) is 11.6 Å². The van der Waals surface area contributed by atoms with Gasteiger partial charge in [-0.05, 0) is 24.3 Å². The zero-order valence-electron chi connectivity index (χ0n) is 17.1. The molecule has 4 rings (SSSR count). The van der Waals surface area contributed by atoms with Crippen molar-refractivity contribution in [3.63, 3.8) is 0 Å². The van der Waals surface area contributed by atoms with Crippen molar-refractivity contribution in [2.45, 2.75) is 13.1 Å². The summed E-state index contributed by atoms with van der Waals surface area (Å²) < 4.78 is 30.4. The zero-order valence-corrected chi connectivity index (χ0v) is 18.6. The molecule has 0 saturated carbocycles. The molecule has 0 aliphatic rings. The first-order valence-corrected chi connectivity index (χ1v) is 10.3. The highest BCUT2D eigenvalue weighted by Crippen LogP contribution is 2.20. The summed E-state index contributed by atoms with van der Waals surface area (Å²) in [5, 5.41) is 10.9. The molecule has 0 bridgehead atoms. The van der Waals surface area contributed by atoms with Gasteiger partial charge in [0, 0.05) is 19.2 Å². The van der Waals surface area contributed by atoms with Gasteiger partial charge in [0.05, 0.1) is 34.5 Å². The van der Waals surface area contributed by atoms with Crippen LogP contribution in [-0.2, 0) is 13.1 Å². The summed E-state index contributed by atoms with van der Waals surface area (Å²) in [6, 6.07) is 8.03. The highest BCUT2D eigenvalue weighted by Gasteiger charge is 2.16. The quantitative estimate of drug-likeness (QED) is 0.442. The second-order valence-electron chi connectivity index (χ2n) is 6.89. The largest absolute Gasteiger partial charge is 0.331 e. The molecule has 0 aliphatic heterocycles. The van der Waals surface area contributed by atoms with Gasteiger partial charge in [-0.2, -0.15) is 10.2 Å². The predicted molar refractivity (Wildman–Crippen MR) is 116 cm³/mol. The lowest BCUT2D eigenvalue weighted by Crippen LogP contribution is -2.37. The maximum Gasteiger partial charge on any atom is 0.317 e. The normalized spacial score (nSPS) is 10.9. The number of amides is 2. The maximum absolute atomic E-state index is 13.8. The number of nitrogens with zero attached hydrogens (tertiary/aromatic N) is 7. The van der Waals surface area contributed by atoms with Crippen LogP contribution < -0.4 is 5.32 Å². The number of hydrogen-bond donors (Lipinski definition) is 1. The lowest BCUT2D eigenvalue weighted by atomic mass is 10.3. The highest BCUT2D eigenvalue weighted by molar-refractivity contribution is 6.31. The molecule has 4 aromatic rings. The third kappa shape index (κ3) is 4.94. The van der Waals surface area contributed by atoms with E-state index in [-0.39, 0.29) is 23.1 Å². The van der Waals surface area contributed by atoms with Crippen LogP contribution in [0.25, 0.3) is 11.4 Å². The number of rotatable bonds is 6. The monoisotopic (exact) mass is 492 g/mol. The van der Waals surface area contributed by atoms with Crippen LogP contribution in [0.3, 0.4) is 0 Å². The highest BCUT2D eigenvalue weighted by atomic mass is 35.5. The van der Waals surface area contributed by atoms with Gasteiger partial charge in [0.25, 0.3) is 0 Å². The molecule has 0 aliphatic carbocycles. The van der Waals surface area contributed by atoms with Gasteiger partial charge in [0.15, 0.2) is 11.6 Å². The average Bonchev–Trinajstić information content (AvgIpc) is 3.45. The smallest absolute Gasteiger partial charge is 0.317 e. The molecule has 0 saturated heterocycles. The van der Waals surface area contributed by atoms with Crippen molar-refractivity contribution in [1.29, 1.82) is 0 Å². The van der Waals surface area contributed by atoms with Crippen molar-refractivity contribution in [2.24, 2.45) is 0 Å². The van der Waals surface area contributed by atoms with E-state index in [1.165, 1.54) is 51.2 Å². The van der Waals surface area contributed by atoms with Gasteiger partial charge in [0.1, 0.15) is 24.3 Å². The van der Waals surface area contributed by atoms with Gasteiger partial charge in [-0.3, -0.25) is 0 Å². The Morgan fingerprint density at radius 3 is 2.00 bits per heavy atom. The summed E-state index contributed by atoms with van der Waals surface area (Å²) in [5.74, 6) is -0.386. The lowest BCUT2D eigenvalue weighted by Gasteiger charge is -2.18. The molecule has 1 N–H and O–H groups in total. The van der Waals surface area contributed by atoms with Gasteiger partial charge in [-0.1, -0.05) is 23.2 Å². The molecule has 0 unspecified atom stereocenters. The molecule has 0 spiro atoms. The van der Waals surface area contributed by atoms with Crippen LogP contribution in [0.4, 0.5) is 13.6 Å². The van der Waals surface area contributed by atoms with Gasteiger partial charge < -0.3 is 10.2 Å². The van der Waals surface area contributed by atoms with E-state index in [9.17, 15) is 13.6 Å². The van der Waals surface area contributed by atoms with Crippen molar-refractivity contribution in [3.8, 4) is 11.4 Å². The minimum absolute atomic E-state index is 0.00824. The summed E-state index contributed by atoms with van der Waals surface area (Å²) in [7, 11) is 1.57. The number of hydrogen-bond acceptors (Lipinski definition) is 5. The van der Waals surface area contributed by atoms with E-state index >= 15 is 0 Å². The molecule has 0 fully saturated rings. The fourth-order valence-corrected chi connectivity index (χ4v) is 3.23. The van der Waals surface area contributed by atoms with E-state index in [1.54, 1.807) is 19.2 Å². The first-order chi connectivity index (χ1) is 15.8. The number of carbonyl (C=O) groups excluding carboxylic acids is 1. The standard InChI is InChI=1S/C20H16Cl2F2N8O/c1-30(9-19-27-11-29-32(19)13-3-5-15(22)17(24)7-13)20(33)25-8-18-26-10-28-31(18)12-2-4-14(21)16(23)6-12/h2-7,10-11H,8-9H2,1H3,(H,25,33). The number of halogens is 4. The van der Waals surface area contributed by atoms with E-state index < -0.39 is 17.7 Å². The van der Waals surface area contributed by atoms with Crippen LogP contribution in [0.15, 0.2) is 49.1 Å². The molecule has 2 aromatic heterocycles. The van der Waals surface area contributed by atoms with Crippen molar-refractivity contribution in [1.82, 2.24) is 39.7 Å². The first kappa shape index (κ1) is 22.6. The Kier molecular flexibility index (Phi) is 6.52. The Morgan fingerprint density at radius 2 is 1.45 bits per heavy atom. The van der Waals surface area contributed by atoms with Crippen LogP contribution in [0.1, 0.15) is 11.6 Å². The summed E-state index contributed by atoms with van der Waals surface area (Å²) in [4.78, 5) is 22.2. The number of nitrogens with one attached hydrogen (secondary N) is 1. The molecule has 2 aromatic carbocycles. The molecular weight excluding hydrogens is 477 g/mol. The average molecular weight is 493 g/mol. The number of urea groups is 1. The van der Waals surface area contributed by atoms with Crippen LogP contribution in [0.5, 0.6) is 0 Å². The molecule has 0 radical (unpaired) electrons. The number of carbonyl (C=O) groups is 1. The molecular formula is C20H16Cl2F2N8O. The number of aromatic nitrogens is 6. The van der Waals surface area contributed by atoms with E-state index in [4.69, 9.17) is 23.2 Å². The molecule has 13 heteroatoms. The summed E-state index contributed by atoms with van der Waals surface area (Å²) >= 11 is 11.5. The lowest BCUT2D eigenvalue weighted by molar-refractivity contribution is 0.204. The predicted octanol–water partition coefficient (Wildman–Crippen LogP) is 3.77. The van der Waals surface area contributed by atoms with Crippen LogP contribution in [-0.4, -0.2) is 47.5 Å². The van der Waals surface area contributed by atoms with E-state index in [2.05, 4.69) is 25.5 Å². The Bertz CT molecular complexity index is 1310. The fraction of sp³-hybridized carbons (Fsp3) is 0.150. The third-order valence-electron chi connectivity index (χ3n) is 4.66. The second-order valence-corrected chi connectivity index (χ2v) is 7.70. The van der Waals surface area contributed by atoms with Gasteiger partial charge in [0.2, 0.25) is 0 Å². The molecule has 2 heterocycles. The topological polar surface area (TPSA) is 93.8 Å². The Balaban J connectivity index is 1.42. The summed E-state index contributed by atoms with van der Waals surface area (Å²) in [6.07, 6.45) is 2.60. The Labute approximate surface area is 196 Å². The number of benzene rings is 2. The SMILES string of the molecule is CN(Cc1ncnn1-c1ccc(Cl)c(F)c1)C(=O)NCc1ncnn1-c1ccc(Cl)c(F)c1. The molecule has 2 amide bonds. The van der Waals surface area contributed by atoms with Gasteiger partial charge in [-0.25, -0.2) is 32.9 Å². The van der Waals surface area contributed by atoms with Gasteiger partial charge >= 0.3 is 6.03 Å². The fourth-order valence-electron chi connectivity index (χ4n) is 3.00. The van der Waals surface area contributed by atoms with Crippen LogP contribution in [0.2, 0.25) is 10.0 Å². The van der Waals surface area contributed by atoms with Crippen molar-refractivity contribution in [3.05, 3.63) is 82.4 Å². The minimum Gasteiger partial charge on any atom is -0.331 e. The van der Waals surface area contributed by atoms with Crippen molar-refractivity contribution >= 4 is 29.2 Å². The third-order valence-corrected chi connectivity index (χ3v) is 5.27. The van der Waals surface area contributed by atoms with E-state index in [0.717, 1.165) is 0 Å². The van der Waals surface area contributed by atoms with Crippen LogP contribution >= 0.6 is 23.2 Å². The molecule has 33 heavy (non-hydrogen) atoms. The summed E-state index contributed by atoms with van der Waals surface area (Å²) in [6.45, 7) is 0.119. The zero-order chi connectivity index (χ0) is 23.5. The van der Waals surface area contributed by atoms with Crippen molar-refractivity contribution < 1.29 is 13.6 Å². The molecule has 170 valence electrons. The molecule has 0 atom stereocenters. The second kappa shape index (κ2) is 9.51. The first-order valence-electron chi connectivity index (χ1n) is 9.51. The van der Waals surface area contributed by atoms with E-state index in [0.29, 0.717) is 23.0 Å². The Hall–Kier alpha value is -3.57. The maximum atomic E-state index is 13.8. The van der Waals surface area contributed by atoms with E-state index in [1.807, 2.05) is 0 Å². The summed E-state index contributed by atoms with van der Waals surface area (Å²) in [5.41, 5.74) is 0.830. The van der Waals surface area contributed by atoms with Gasteiger partial charge in [-0.15, -0.1) is 0 Å². The van der Waals surface area contributed by atoms with Crippen molar-refractivity contribution in [2.75, 3.05) is 7.05 Å². The molecule has 9 nitrogen and oxygen atoms in total. The Morgan fingerprint density at radius 1 is 0.939 bits per heavy atom. The minimum atomic E-state index is -0.593.